The molecule has 0 spiro atoms. The van der Waals surface area contributed by atoms with Gasteiger partial charge in [-0.15, -0.1) is 0 Å². The van der Waals surface area contributed by atoms with E-state index >= 15 is 0 Å². The van der Waals surface area contributed by atoms with E-state index in [4.69, 9.17) is 32.5 Å². The van der Waals surface area contributed by atoms with Gasteiger partial charge < -0.3 is 26.3 Å². The zero-order valence-electron chi connectivity index (χ0n) is 16.6. The molecule has 10 heteroatoms. The Bertz CT molecular complexity index is 1380. The molecule has 160 valence electrons. The van der Waals surface area contributed by atoms with Crippen LogP contribution in [0.4, 0.5) is 16.4 Å². The molecule has 0 aliphatic carbocycles. The predicted octanol–water partition coefficient (Wildman–Crippen LogP) is 4.24. The summed E-state index contributed by atoms with van der Waals surface area (Å²) in [7, 11) is 0. The number of nitrogens with one attached hydrogen (secondary N) is 1. The van der Waals surface area contributed by atoms with Gasteiger partial charge in [0.05, 0.1) is 18.2 Å². The summed E-state index contributed by atoms with van der Waals surface area (Å²) in [5.41, 5.74) is 14.3. The van der Waals surface area contributed by atoms with Crippen molar-refractivity contribution in [1.82, 2.24) is 15.0 Å². The van der Waals surface area contributed by atoms with Crippen LogP contribution in [0.5, 0.6) is 11.8 Å². The Morgan fingerprint density at radius 1 is 1.06 bits per heavy atom. The molecule has 0 bridgehead atoms. The molecule has 3 aromatic carbocycles. The van der Waals surface area contributed by atoms with Crippen LogP contribution >= 0.6 is 11.6 Å². The first-order valence-corrected chi connectivity index (χ1v) is 10.0. The Kier molecular flexibility index (Phi) is 4.96. The van der Waals surface area contributed by atoms with E-state index in [1.54, 1.807) is 24.3 Å². The Balaban J connectivity index is 1.59. The van der Waals surface area contributed by atoms with E-state index in [1.807, 2.05) is 24.3 Å². The number of aromatic nitrogens is 3. The Hall–Kier alpha value is -3.95. The summed E-state index contributed by atoms with van der Waals surface area (Å²) < 4.78 is 11.4. The zero-order valence-corrected chi connectivity index (χ0v) is 17.4. The maximum atomic E-state index is 11.1. The Morgan fingerprint density at radius 2 is 1.88 bits per heavy atom. The van der Waals surface area contributed by atoms with Crippen molar-refractivity contribution in [3.8, 4) is 23.1 Å². The lowest BCUT2D eigenvalue weighted by Crippen LogP contribution is -2.19. The van der Waals surface area contributed by atoms with Crippen molar-refractivity contribution in [1.29, 1.82) is 0 Å². The fourth-order valence-corrected chi connectivity index (χ4v) is 4.08. The van der Waals surface area contributed by atoms with Gasteiger partial charge in [0, 0.05) is 17.3 Å². The van der Waals surface area contributed by atoms with Gasteiger partial charge in [0.2, 0.25) is 5.95 Å². The lowest BCUT2D eigenvalue weighted by Gasteiger charge is -2.20. The number of hydrogen-bond donors (Lipinski definition) is 3. The SMILES string of the molecule is NC(=O)Nc1cccc(Oc2nc(N)nc(-c3c(Cl)cc4c5c(cccc35)COC4)n2)c1. The number of nitrogen functional groups attached to an aromatic ring is 1. The van der Waals surface area contributed by atoms with E-state index in [0.29, 0.717) is 41.1 Å². The second-order valence-electron chi connectivity index (χ2n) is 7.14. The van der Waals surface area contributed by atoms with Crippen molar-refractivity contribution < 1.29 is 14.3 Å². The first-order chi connectivity index (χ1) is 15.5. The minimum absolute atomic E-state index is 0.0106. The lowest BCUT2D eigenvalue weighted by molar-refractivity contribution is 0.103. The molecule has 9 nitrogen and oxygen atoms in total. The molecule has 1 aliphatic heterocycles. The highest BCUT2D eigenvalue weighted by molar-refractivity contribution is 6.35. The number of anilines is 2. The highest BCUT2D eigenvalue weighted by atomic mass is 35.5. The molecule has 2 heterocycles. The van der Waals surface area contributed by atoms with Crippen molar-refractivity contribution in [2.45, 2.75) is 13.2 Å². The van der Waals surface area contributed by atoms with Gasteiger partial charge in [-0.25, -0.2) is 4.79 Å². The summed E-state index contributed by atoms with van der Waals surface area (Å²) in [5.74, 6) is 0.656. The number of nitrogens with two attached hydrogens (primary N) is 2. The molecule has 4 aromatic rings. The van der Waals surface area contributed by atoms with Crippen molar-refractivity contribution in [2.24, 2.45) is 5.73 Å². The number of carbonyl (C=O) groups excluding carboxylic acids is 1. The molecular formula is C22H17ClN6O3. The van der Waals surface area contributed by atoms with Crippen LogP contribution in [0.15, 0.2) is 48.5 Å². The van der Waals surface area contributed by atoms with E-state index < -0.39 is 6.03 Å². The van der Waals surface area contributed by atoms with Crippen LogP contribution < -0.4 is 21.5 Å². The molecule has 0 saturated carbocycles. The molecule has 32 heavy (non-hydrogen) atoms. The van der Waals surface area contributed by atoms with Crippen molar-refractivity contribution in [3.63, 3.8) is 0 Å². The number of nitrogens with zero attached hydrogens (tertiary/aromatic N) is 3. The molecule has 0 radical (unpaired) electrons. The second kappa shape index (κ2) is 7.95. The fraction of sp³-hybridized carbons (Fsp3) is 0.0909. The Morgan fingerprint density at radius 3 is 2.72 bits per heavy atom. The van der Waals surface area contributed by atoms with Gasteiger partial charge in [-0.05, 0) is 40.1 Å². The summed E-state index contributed by atoms with van der Waals surface area (Å²) in [6.07, 6.45) is 0. The first kappa shape index (κ1) is 20.0. The van der Waals surface area contributed by atoms with Gasteiger partial charge in [0.1, 0.15) is 5.75 Å². The van der Waals surface area contributed by atoms with Crippen LogP contribution in [-0.2, 0) is 18.0 Å². The maximum absolute atomic E-state index is 11.1. The smallest absolute Gasteiger partial charge is 0.327 e. The number of hydrogen-bond acceptors (Lipinski definition) is 7. The van der Waals surface area contributed by atoms with Crippen molar-refractivity contribution in [2.75, 3.05) is 11.1 Å². The number of benzene rings is 3. The number of ether oxygens (including phenoxy) is 2. The molecule has 0 unspecified atom stereocenters. The monoisotopic (exact) mass is 448 g/mol. The third kappa shape index (κ3) is 3.75. The van der Waals surface area contributed by atoms with Crippen molar-refractivity contribution in [3.05, 3.63) is 64.7 Å². The van der Waals surface area contributed by atoms with E-state index in [0.717, 1.165) is 21.9 Å². The lowest BCUT2D eigenvalue weighted by atomic mass is 9.94. The highest BCUT2D eigenvalue weighted by Crippen LogP contribution is 2.40. The van der Waals surface area contributed by atoms with Gasteiger partial charge in [-0.2, -0.15) is 15.0 Å². The summed E-state index contributed by atoms with van der Waals surface area (Å²) in [6.45, 7) is 1.01. The van der Waals surface area contributed by atoms with Gasteiger partial charge in [0.15, 0.2) is 5.82 Å². The van der Waals surface area contributed by atoms with Gasteiger partial charge in [0.25, 0.3) is 0 Å². The van der Waals surface area contributed by atoms with E-state index in [9.17, 15) is 4.79 Å². The highest BCUT2D eigenvalue weighted by Gasteiger charge is 2.21. The van der Waals surface area contributed by atoms with Crippen LogP contribution in [0, 0.1) is 0 Å². The van der Waals surface area contributed by atoms with Crippen LogP contribution in [0.3, 0.4) is 0 Å². The van der Waals surface area contributed by atoms with Gasteiger partial charge >= 0.3 is 12.0 Å². The third-order valence-electron chi connectivity index (χ3n) is 4.96. The molecule has 5 N–H and O–H groups in total. The Labute approximate surface area is 187 Å². The average Bonchev–Trinajstić information content (AvgIpc) is 2.73. The molecule has 1 aromatic heterocycles. The molecular weight excluding hydrogens is 432 g/mol. The molecule has 0 fully saturated rings. The minimum Gasteiger partial charge on any atom is -0.424 e. The number of halogens is 1. The van der Waals surface area contributed by atoms with Crippen LogP contribution in [0.2, 0.25) is 5.02 Å². The molecule has 0 atom stereocenters. The van der Waals surface area contributed by atoms with Gasteiger partial charge in [-0.1, -0.05) is 35.9 Å². The summed E-state index contributed by atoms with van der Waals surface area (Å²) in [5, 5.41) is 4.93. The standard InChI is InChI=1S/C22H17ClN6O3/c23-16-7-12-10-31-9-11-3-1-6-15(17(11)12)18(16)19-27-20(24)29-22(28-19)32-14-5-2-4-13(8-14)26-21(25)30/h1-8H,9-10H2,(H3,25,26,30)(H2,24,27,28,29). The molecule has 0 saturated heterocycles. The largest absolute Gasteiger partial charge is 0.424 e. The number of carbonyl (C=O) groups is 1. The zero-order chi connectivity index (χ0) is 22.2. The number of urea groups is 1. The normalized spacial score (nSPS) is 12.5. The quantitative estimate of drug-likeness (QED) is 0.424. The fourth-order valence-electron chi connectivity index (χ4n) is 3.76. The van der Waals surface area contributed by atoms with Crippen LogP contribution in [0.25, 0.3) is 22.2 Å². The molecule has 1 aliphatic rings. The summed E-state index contributed by atoms with van der Waals surface area (Å²) in [4.78, 5) is 23.9. The average molecular weight is 449 g/mol. The number of amides is 2. The molecule has 2 amide bonds. The third-order valence-corrected chi connectivity index (χ3v) is 5.26. The summed E-state index contributed by atoms with van der Waals surface area (Å²) >= 11 is 6.64. The van der Waals surface area contributed by atoms with Crippen LogP contribution in [-0.4, -0.2) is 21.0 Å². The van der Waals surface area contributed by atoms with Crippen molar-refractivity contribution >= 4 is 40.0 Å². The number of primary amides is 1. The van der Waals surface area contributed by atoms with E-state index in [1.165, 1.54) is 0 Å². The second-order valence-corrected chi connectivity index (χ2v) is 7.55. The first-order valence-electron chi connectivity index (χ1n) is 9.65. The minimum atomic E-state index is -0.684. The van der Waals surface area contributed by atoms with Crippen LogP contribution in [0.1, 0.15) is 11.1 Å². The molecule has 5 rings (SSSR count). The van der Waals surface area contributed by atoms with E-state index in [-0.39, 0.29) is 12.0 Å². The number of rotatable bonds is 4. The summed E-state index contributed by atoms with van der Waals surface area (Å²) in [6, 6.07) is 13.7. The van der Waals surface area contributed by atoms with Gasteiger partial charge in [-0.3, -0.25) is 0 Å². The topological polar surface area (TPSA) is 138 Å². The van der Waals surface area contributed by atoms with E-state index in [2.05, 4.69) is 20.3 Å². The predicted molar refractivity (Wildman–Crippen MR) is 120 cm³/mol. The maximum Gasteiger partial charge on any atom is 0.327 e.